The smallest absolute Gasteiger partial charge is 0.450 e. The Balaban J connectivity index is 0.000000217. The molecule has 0 atom stereocenters. The predicted octanol–water partition coefficient (Wildman–Crippen LogP) is 0.756. The van der Waals surface area contributed by atoms with Crippen molar-refractivity contribution in [2.24, 2.45) is 0 Å². The summed E-state index contributed by atoms with van der Waals surface area (Å²) < 4.78 is 18.3. The third-order valence-electron chi connectivity index (χ3n) is 1.27. The van der Waals surface area contributed by atoms with Gasteiger partial charge in [0.15, 0.2) is 0 Å². The lowest BCUT2D eigenvalue weighted by Crippen LogP contribution is -2.11. The monoisotopic (exact) mass is 238 g/mol. The molecule has 0 amide bonds. The molecule has 2 rings (SSSR count). The van der Waals surface area contributed by atoms with Crippen molar-refractivity contribution in [3.63, 3.8) is 0 Å². The van der Waals surface area contributed by atoms with E-state index in [2.05, 4.69) is 9.47 Å². The number of ether oxygens (including phenoxy) is 4. The van der Waals surface area contributed by atoms with Crippen LogP contribution >= 0.6 is 0 Å². The average Bonchev–Trinajstić information content (AvgIpc) is 2.72. The molecule has 8 heteroatoms. The van der Waals surface area contributed by atoms with Crippen LogP contribution in [0.15, 0.2) is 0 Å². The minimum absolute atomic E-state index is 0.416. The fourth-order valence-corrected chi connectivity index (χ4v) is 0.731. The Bertz CT molecular complexity index is 177. The molecule has 2 aliphatic heterocycles. The Morgan fingerprint density at radius 2 is 1.44 bits per heavy atom. The zero-order valence-corrected chi connectivity index (χ0v) is 8.59. The third-order valence-corrected chi connectivity index (χ3v) is 1.27. The number of hydrogen-bond donors (Lipinski definition) is 2. The molecule has 0 aromatic rings. The number of carbonyl (C=O) groups is 2. The van der Waals surface area contributed by atoms with Crippen LogP contribution in [-0.2, 0) is 18.9 Å². The van der Waals surface area contributed by atoms with Crippen LogP contribution in [0.1, 0.15) is 6.42 Å². The van der Waals surface area contributed by atoms with Gasteiger partial charge in [0, 0.05) is 0 Å². The molecule has 94 valence electrons. The van der Waals surface area contributed by atoms with E-state index < -0.39 is 12.3 Å². The minimum Gasteiger partial charge on any atom is -0.450 e. The Morgan fingerprint density at radius 1 is 1.00 bits per heavy atom. The first-order valence-electron chi connectivity index (χ1n) is 4.50. The zero-order chi connectivity index (χ0) is 12.2. The van der Waals surface area contributed by atoms with E-state index in [9.17, 15) is 4.79 Å². The van der Waals surface area contributed by atoms with Gasteiger partial charge in [0.1, 0.15) is 20.0 Å². The maximum Gasteiger partial charge on any atom is 0.508 e. The van der Waals surface area contributed by atoms with Crippen LogP contribution in [0.4, 0.5) is 9.59 Å². The van der Waals surface area contributed by atoms with E-state index in [0.29, 0.717) is 20.0 Å². The first-order chi connectivity index (χ1) is 7.63. The van der Waals surface area contributed by atoms with Gasteiger partial charge in [0.05, 0.1) is 13.2 Å². The topological polar surface area (TPSA) is 112 Å². The Hall–Kier alpha value is -1.54. The summed E-state index contributed by atoms with van der Waals surface area (Å²) in [6.07, 6.45) is -1.32. The second kappa shape index (κ2) is 9.99. The van der Waals surface area contributed by atoms with Gasteiger partial charge >= 0.3 is 12.3 Å². The highest BCUT2D eigenvalue weighted by molar-refractivity contribution is 5.61. The van der Waals surface area contributed by atoms with Crippen LogP contribution in [0, 0.1) is 0 Å². The largest absolute Gasteiger partial charge is 0.508 e. The van der Waals surface area contributed by atoms with Gasteiger partial charge in [-0.1, -0.05) is 0 Å². The summed E-state index contributed by atoms with van der Waals surface area (Å²) in [4.78, 5) is 18.4. The molecule has 0 radical (unpaired) electrons. The molecule has 0 saturated carbocycles. The maximum absolute atomic E-state index is 9.80. The van der Waals surface area contributed by atoms with Crippen molar-refractivity contribution >= 4 is 12.3 Å². The molecule has 0 unspecified atom stereocenters. The second-order valence-electron chi connectivity index (χ2n) is 2.52. The van der Waals surface area contributed by atoms with Crippen molar-refractivity contribution < 1.29 is 38.7 Å². The molecular weight excluding hydrogens is 224 g/mol. The minimum atomic E-state index is -1.83. The second-order valence-corrected chi connectivity index (χ2v) is 2.52. The van der Waals surface area contributed by atoms with Gasteiger partial charge in [-0.3, -0.25) is 0 Å². The molecule has 0 aromatic heterocycles. The van der Waals surface area contributed by atoms with Gasteiger partial charge in [0.2, 0.25) is 0 Å². The first-order valence-corrected chi connectivity index (χ1v) is 4.50. The summed E-state index contributed by atoms with van der Waals surface area (Å²) in [6.45, 7) is 3.08. The lowest BCUT2D eigenvalue weighted by Gasteiger charge is -2.09. The summed E-state index contributed by atoms with van der Waals surface area (Å²) in [6, 6.07) is 0. The highest BCUT2D eigenvalue weighted by Gasteiger charge is 2.09. The summed E-state index contributed by atoms with van der Waals surface area (Å²) >= 11 is 0. The van der Waals surface area contributed by atoms with E-state index in [4.69, 9.17) is 24.5 Å². The summed E-state index contributed by atoms with van der Waals surface area (Å²) in [5.74, 6) is 0. The molecule has 16 heavy (non-hydrogen) atoms. The predicted molar refractivity (Wildman–Crippen MR) is 49.3 cm³/mol. The average molecular weight is 238 g/mol. The van der Waals surface area contributed by atoms with Crippen LogP contribution < -0.4 is 0 Å². The molecule has 0 aliphatic carbocycles. The Kier molecular flexibility index (Phi) is 9.03. The lowest BCUT2D eigenvalue weighted by atomic mass is 10.5. The standard InChI is InChI=1S/C4H8O2.C3H4O3.CH2O3/c1-2-5-4-6-3-1;4-3-5-1-2-6-3;2-1(3)4/h1-4H2;1-2H2;(H2,2,3,4). The van der Waals surface area contributed by atoms with Gasteiger partial charge in [-0.25, -0.2) is 9.59 Å². The molecule has 2 fully saturated rings. The van der Waals surface area contributed by atoms with E-state index >= 15 is 0 Å². The number of carbonyl (C=O) groups excluding carboxylic acids is 1. The zero-order valence-electron chi connectivity index (χ0n) is 8.59. The molecule has 0 bridgehead atoms. The van der Waals surface area contributed by atoms with Crippen LogP contribution in [0.3, 0.4) is 0 Å². The van der Waals surface area contributed by atoms with Crippen molar-refractivity contribution in [1.82, 2.24) is 0 Å². The van der Waals surface area contributed by atoms with E-state index in [-0.39, 0.29) is 0 Å². The van der Waals surface area contributed by atoms with Gasteiger partial charge in [-0.15, -0.1) is 0 Å². The van der Waals surface area contributed by atoms with Crippen LogP contribution in [0.25, 0.3) is 0 Å². The summed E-state index contributed by atoms with van der Waals surface area (Å²) in [5, 5.41) is 13.9. The molecule has 2 heterocycles. The third kappa shape index (κ3) is 12.5. The molecule has 0 spiro atoms. The molecule has 8 nitrogen and oxygen atoms in total. The number of carboxylic acid groups (broad SMARTS) is 2. The van der Waals surface area contributed by atoms with Crippen LogP contribution in [0.5, 0.6) is 0 Å². The van der Waals surface area contributed by atoms with Gasteiger partial charge in [0.25, 0.3) is 0 Å². The summed E-state index contributed by atoms with van der Waals surface area (Å²) in [7, 11) is 0. The first kappa shape index (κ1) is 14.5. The van der Waals surface area contributed by atoms with Gasteiger partial charge in [-0.05, 0) is 6.42 Å². The quantitative estimate of drug-likeness (QED) is 0.595. The lowest BCUT2D eigenvalue weighted by molar-refractivity contribution is -0.0963. The molecular formula is C8H14O8. The highest BCUT2D eigenvalue weighted by atomic mass is 16.8. The Labute approximate surface area is 91.7 Å². The van der Waals surface area contributed by atoms with Crippen molar-refractivity contribution in [2.45, 2.75) is 6.42 Å². The van der Waals surface area contributed by atoms with Gasteiger partial charge < -0.3 is 29.2 Å². The molecule has 2 N–H and O–H groups in total. The van der Waals surface area contributed by atoms with Gasteiger partial charge in [-0.2, -0.15) is 0 Å². The molecule has 2 aliphatic rings. The van der Waals surface area contributed by atoms with Crippen LogP contribution in [0.2, 0.25) is 0 Å². The van der Waals surface area contributed by atoms with E-state index in [1.165, 1.54) is 0 Å². The Morgan fingerprint density at radius 3 is 1.56 bits per heavy atom. The number of hydrogen-bond acceptors (Lipinski definition) is 6. The molecule has 2 saturated heterocycles. The highest BCUT2D eigenvalue weighted by Crippen LogP contribution is 1.92. The fraction of sp³-hybridized carbons (Fsp3) is 0.750. The fourth-order valence-electron chi connectivity index (χ4n) is 0.731. The SMILES string of the molecule is C1COCOC1.O=C(O)O.O=C1OCCO1. The van der Waals surface area contributed by atoms with Crippen molar-refractivity contribution in [2.75, 3.05) is 33.2 Å². The molecule has 0 aromatic carbocycles. The summed E-state index contributed by atoms with van der Waals surface area (Å²) in [5.41, 5.74) is 0. The van der Waals surface area contributed by atoms with Crippen LogP contribution in [-0.4, -0.2) is 55.7 Å². The van der Waals surface area contributed by atoms with Crippen molar-refractivity contribution in [3.05, 3.63) is 0 Å². The normalized spacial score (nSPS) is 17.9. The maximum atomic E-state index is 9.80. The van der Waals surface area contributed by atoms with Crippen molar-refractivity contribution in [3.8, 4) is 0 Å². The van der Waals surface area contributed by atoms with E-state index in [1.54, 1.807) is 0 Å². The van der Waals surface area contributed by atoms with E-state index in [0.717, 1.165) is 19.6 Å². The van der Waals surface area contributed by atoms with E-state index in [1.807, 2.05) is 0 Å². The number of cyclic esters (lactones) is 2. The van der Waals surface area contributed by atoms with Crippen molar-refractivity contribution in [1.29, 1.82) is 0 Å². The number of rotatable bonds is 0.